The third kappa shape index (κ3) is 2.46. The zero-order valence-corrected chi connectivity index (χ0v) is 12.3. The topological polar surface area (TPSA) is 17.8 Å². The smallest absolute Gasteiger partial charge is 0.0930 e. The van der Waals surface area contributed by atoms with Gasteiger partial charge in [0.25, 0.3) is 0 Å². The molecule has 102 valence electrons. The summed E-state index contributed by atoms with van der Waals surface area (Å²) in [6, 6.07) is 18.8. The monoisotopic (exact) mass is 264 g/mol. The Balaban J connectivity index is 2.23. The Kier molecular flexibility index (Phi) is 3.09. The predicted molar refractivity (Wildman–Crippen MR) is 84.2 cm³/mol. The van der Waals surface area contributed by atoms with E-state index in [-0.39, 0.29) is 5.41 Å². The van der Waals surface area contributed by atoms with Crippen molar-refractivity contribution in [1.82, 2.24) is 9.78 Å². The van der Waals surface area contributed by atoms with Crippen LogP contribution >= 0.6 is 0 Å². The highest BCUT2D eigenvalue weighted by molar-refractivity contribution is 5.82. The molecule has 2 nitrogen and oxygen atoms in total. The molecule has 0 atom stereocenters. The van der Waals surface area contributed by atoms with Gasteiger partial charge in [-0.05, 0) is 30.0 Å². The van der Waals surface area contributed by atoms with Crippen LogP contribution in [0, 0.1) is 5.41 Å². The fourth-order valence-electron chi connectivity index (χ4n) is 2.54. The van der Waals surface area contributed by atoms with Crippen LogP contribution in [0.5, 0.6) is 0 Å². The van der Waals surface area contributed by atoms with Crippen molar-refractivity contribution in [2.75, 3.05) is 0 Å². The molecule has 0 saturated carbocycles. The van der Waals surface area contributed by atoms with E-state index in [0.29, 0.717) is 0 Å². The molecule has 0 amide bonds. The van der Waals surface area contributed by atoms with Crippen LogP contribution in [-0.2, 0) is 6.42 Å². The molecular weight excluding hydrogens is 244 g/mol. The summed E-state index contributed by atoms with van der Waals surface area (Å²) in [6.07, 6.45) is 1.00. The number of hydrogen-bond donors (Lipinski definition) is 0. The number of nitrogens with zero attached hydrogens (tertiary/aromatic N) is 2. The third-order valence-corrected chi connectivity index (χ3v) is 3.38. The van der Waals surface area contributed by atoms with Crippen molar-refractivity contribution in [3.8, 4) is 5.69 Å². The molecule has 2 heteroatoms. The zero-order valence-electron chi connectivity index (χ0n) is 12.3. The Morgan fingerprint density at radius 1 is 0.900 bits per heavy atom. The molecule has 0 spiro atoms. The first-order valence-electron chi connectivity index (χ1n) is 7.07. The van der Waals surface area contributed by atoms with Gasteiger partial charge in [0, 0.05) is 5.39 Å². The fourth-order valence-corrected chi connectivity index (χ4v) is 2.54. The molecule has 0 aliphatic carbocycles. The Hall–Kier alpha value is -2.09. The second-order valence-electron chi connectivity index (χ2n) is 6.45. The maximum Gasteiger partial charge on any atom is 0.0930 e. The van der Waals surface area contributed by atoms with Gasteiger partial charge in [0.05, 0.1) is 16.9 Å². The standard InChI is InChI=1S/C18H20N2/c1-18(2,3)13-17-15-11-7-8-12-16(15)19-20(17)14-9-5-4-6-10-14/h4-12H,13H2,1-3H3. The van der Waals surface area contributed by atoms with Crippen molar-refractivity contribution in [3.05, 3.63) is 60.3 Å². The van der Waals surface area contributed by atoms with Crippen LogP contribution in [0.25, 0.3) is 16.6 Å². The molecule has 0 unspecified atom stereocenters. The zero-order chi connectivity index (χ0) is 14.2. The number of hydrogen-bond acceptors (Lipinski definition) is 1. The summed E-state index contributed by atoms with van der Waals surface area (Å²) in [4.78, 5) is 0. The molecule has 1 aromatic heterocycles. The quantitative estimate of drug-likeness (QED) is 0.660. The van der Waals surface area contributed by atoms with E-state index >= 15 is 0 Å². The van der Waals surface area contributed by atoms with E-state index in [4.69, 9.17) is 5.10 Å². The average Bonchev–Trinajstić information content (AvgIpc) is 2.77. The molecule has 1 heterocycles. The number of para-hydroxylation sites is 1. The second-order valence-corrected chi connectivity index (χ2v) is 6.45. The maximum atomic E-state index is 4.78. The molecule has 0 aliphatic rings. The van der Waals surface area contributed by atoms with Crippen LogP contribution < -0.4 is 0 Å². The van der Waals surface area contributed by atoms with E-state index in [1.807, 2.05) is 12.1 Å². The van der Waals surface area contributed by atoms with Crippen LogP contribution in [0.3, 0.4) is 0 Å². The number of aromatic nitrogens is 2. The predicted octanol–water partition coefficient (Wildman–Crippen LogP) is 4.61. The van der Waals surface area contributed by atoms with Gasteiger partial charge in [-0.1, -0.05) is 57.2 Å². The minimum absolute atomic E-state index is 0.231. The van der Waals surface area contributed by atoms with Crippen LogP contribution in [0.4, 0.5) is 0 Å². The van der Waals surface area contributed by atoms with E-state index in [1.54, 1.807) is 0 Å². The summed E-state index contributed by atoms with van der Waals surface area (Å²) in [6.45, 7) is 6.80. The summed E-state index contributed by atoms with van der Waals surface area (Å²) in [5, 5.41) is 6.04. The lowest BCUT2D eigenvalue weighted by atomic mass is 9.89. The lowest BCUT2D eigenvalue weighted by Crippen LogP contribution is -2.13. The molecule has 0 N–H and O–H groups in total. The Morgan fingerprint density at radius 2 is 1.55 bits per heavy atom. The third-order valence-electron chi connectivity index (χ3n) is 3.38. The van der Waals surface area contributed by atoms with E-state index in [1.165, 1.54) is 11.1 Å². The highest BCUT2D eigenvalue weighted by atomic mass is 15.3. The molecule has 0 aliphatic heterocycles. The van der Waals surface area contributed by atoms with Crippen molar-refractivity contribution in [3.63, 3.8) is 0 Å². The minimum Gasteiger partial charge on any atom is -0.237 e. The van der Waals surface area contributed by atoms with Gasteiger partial charge in [0.1, 0.15) is 0 Å². The van der Waals surface area contributed by atoms with Gasteiger partial charge >= 0.3 is 0 Å². The molecule has 0 saturated heterocycles. The summed E-state index contributed by atoms with van der Waals surface area (Å²) in [5.41, 5.74) is 3.72. The summed E-state index contributed by atoms with van der Waals surface area (Å²) >= 11 is 0. The summed E-state index contributed by atoms with van der Waals surface area (Å²) in [7, 11) is 0. The first-order chi connectivity index (χ1) is 9.54. The summed E-state index contributed by atoms with van der Waals surface area (Å²) < 4.78 is 2.09. The van der Waals surface area contributed by atoms with E-state index < -0.39 is 0 Å². The first-order valence-corrected chi connectivity index (χ1v) is 7.07. The number of benzene rings is 2. The van der Waals surface area contributed by atoms with Crippen molar-refractivity contribution in [2.24, 2.45) is 5.41 Å². The second kappa shape index (κ2) is 4.78. The molecule has 2 aromatic carbocycles. The molecule has 0 radical (unpaired) electrons. The lowest BCUT2D eigenvalue weighted by molar-refractivity contribution is 0.403. The molecular formula is C18H20N2. The number of rotatable bonds is 2. The highest BCUT2D eigenvalue weighted by Crippen LogP contribution is 2.28. The normalized spacial score (nSPS) is 11.9. The van der Waals surface area contributed by atoms with Gasteiger partial charge in [0.2, 0.25) is 0 Å². The fraction of sp³-hybridized carbons (Fsp3) is 0.278. The van der Waals surface area contributed by atoms with Gasteiger partial charge in [0.15, 0.2) is 0 Å². The van der Waals surface area contributed by atoms with Gasteiger partial charge in [-0.15, -0.1) is 0 Å². The molecule has 3 aromatic rings. The lowest BCUT2D eigenvalue weighted by Gasteiger charge is -2.19. The molecule has 0 bridgehead atoms. The largest absolute Gasteiger partial charge is 0.237 e. The van der Waals surface area contributed by atoms with Crippen molar-refractivity contribution >= 4 is 10.9 Å². The Labute approximate surface area is 120 Å². The average molecular weight is 264 g/mol. The van der Waals surface area contributed by atoms with Gasteiger partial charge in [-0.2, -0.15) is 5.10 Å². The van der Waals surface area contributed by atoms with Gasteiger partial charge < -0.3 is 0 Å². The van der Waals surface area contributed by atoms with E-state index in [0.717, 1.165) is 17.6 Å². The van der Waals surface area contributed by atoms with Crippen LogP contribution in [0.2, 0.25) is 0 Å². The minimum atomic E-state index is 0.231. The SMILES string of the molecule is CC(C)(C)Cc1c2ccccc2nn1-c1ccccc1. The Morgan fingerprint density at radius 3 is 2.25 bits per heavy atom. The van der Waals surface area contributed by atoms with E-state index in [9.17, 15) is 0 Å². The Bertz CT molecular complexity index is 718. The van der Waals surface area contributed by atoms with Crippen LogP contribution in [0.15, 0.2) is 54.6 Å². The summed E-state index contributed by atoms with van der Waals surface area (Å²) in [5.74, 6) is 0. The molecule has 20 heavy (non-hydrogen) atoms. The van der Waals surface area contributed by atoms with Crippen LogP contribution in [0.1, 0.15) is 26.5 Å². The van der Waals surface area contributed by atoms with E-state index in [2.05, 4.69) is 67.9 Å². The highest BCUT2D eigenvalue weighted by Gasteiger charge is 2.19. The van der Waals surface area contributed by atoms with Crippen molar-refractivity contribution < 1.29 is 0 Å². The van der Waals surface area contributed by atoms with Gasteiger partial charge in [-0.3, -0.25) is 0 Å². The molecule has 3 rings (SSSR count). The van der Waals surface area contributed by atoms with Crippen molar-refractivity contribution in [2.45, 2.75) is 27.2 Å². The molecule has 0 fully saturated rings. The van der Waals surface area contributed by atoms with Gasteiger partial charge in [-0.25, -0.2) is 4.68 Å². The van der Waals surface area contributed by atoms with Crippen LogP contribution in [-0.4, -0.2) is 9.78 Å². The van der Waals surface area contributed by atoms with Crippen molar-refractivity contribution in [1.29, 1.82) is 0 Å². The number of fused-ring (bicyclic) bond motifs is 1. The maximum absolute atomic E-state index is 4.78. The first kappa shape index (κ1) is 12.9.